The van der Waals surface area contributed by atoms with Gasteiger partial charge in [0, 0.05) is 18.6 Å². The van der Waals surface area contributed by atoms with Gasteiger partial charge < -0.3 is 10.2 Å². The second-order valence-corrected chi connectivity index (χ2v) is 5.94. The first kappa shape index (κ1) is 13.0. The highest BCUT2D eigenvalue weighted by atomic mass is 15.1. The molecule has 1 aliphatic carbocycles. The second-order valence-electron chi connectivity index (χ2n) is 5.94. The average Bonchev–Trinajstić information content (AvgIpc) is 1.98. The molecule has 1 N–H and O–H groups in total. The Bertz CT molecular complexity index is 169. The van der Waals surface area contributed by atoms with Gasteiger partial charge in [-0.2, -0.15) is 0 Å². The zero-order chi connectivity index (χ0) is 11.4. The number of nitrogens with zero attached hydrogens (tertiary/aromatic N) is 1. The lowest BCUT2D eigenvalue weighted by Crippen LogP contribution is -2.45. The fourth-order valence-electron chi connectivity index (χ4n) is 3.09. The van der Waals surface area contributed by atoms with Gasteiger partial charge in [-0.25, -0.2) is 0 Å². The van der Waals surface area contributed by atoms with Crippen LogP contribution in [-0.2, 0) is 0 Å². The van der Waals surface area contributed by atoms with Crippen LogP contribution in [0.5, 0.6) is 0 Å². The second kappa shape index (κ2) is 5.86. The summed E-state index contributed by atoms with van der Waals surface area (Å²) in [7, 11) is 4.29. The molecule has 0 radical (unpaired) electrons. The van der Waals surface area contributed by atoms with Gasteiger partial charge in [-0.3, -0.25) is 0 Å². The lowest BCUT2D eigenvalue weighted by atomic mass is 9.80. The minimum Gasteiger partial charge on any atom is -0.310 e. The molecule has 0 aromatic carbocycles. The molecule has 2 nitrogen and oxygen atoms in total. The molecule has 0 spiro atoms. The van der Waals surface area contributed by atoms with E-state index in [-0.39, 0.29) is 0 Å². The summed E-state index contributed by atoms with van der Waals surface area (Å²) in [5, 5.41) is 3.77. The van der Waals surface area contributed by atoms with Crippen LogP contribution in [0.15, 0.2) is 0 Å². The highest BCUT2D eigenvalue weighted by Crippen LogP contribution is 2.28. The lowest BCUT2D eigenvalue weighted by Gasteiger charge is -2.34. The molecule has 90 valence electrons. The quantitative estimate of drug-likeness (QED) is 0.769. The third-order valence-electron chi connectivity index (χ3n) is 3.34. The molecule has 1 saturated carbocycles. The molecular weight excluding hydrogens is 184 g/mol. The van der Waals surface area contributed by atoms with Crippen LogP contribution in [0.2, 0.25) is 0 Å². The first-order valence-electron chi connectivity index (χ1n) is 6.38. The molecule has 3 unspecified atom stereocenters. The van der Waals surface area contributed by atoms with Gasteiger partial charge in [0.25, 0.3) is 0 Å². The minimum atomic E-state index is 0.613. The van der Waals surface area contributed by atoms with Gasteiger partial charge in [0.2, 0.25) is 0 Å². The molecule has 0 saturated heterocycles. The van der Waals surface area contributed by atoms with Crippen molar-refractivity contribution in [2.45, 2.75) is 52.1 Å². The highest BCUT2D eigenvalue weighted by molar-refractivity contribution is 4.81. The third-order valence-corrected chi connectivity index (χ3v) is 3.34. The van der Waals surface area contributed by atoms with Crippen molar-refractivity contribution in [2.24, 2.45) is 11.8 Å². The van der Waals surface area contributed by atoms with Crippen molar-refractivity contribution in [1.82, 2.24) is 10.2 Å². The Morgan fingerprint density at radius 3 is 2.13 bits per heavy atom. The number of rotatable bonds is 4. The third kappa shape index (κ3) is 4.98. The van der Waals surface area contributed by atoms with Crippen molar-refractivity contribution >= 4 is 0 Å². The summed E-state index contributed by atoms with van der Waals surface area (Å²) in [6.07, 6.45) is 4.14. The van der Waals surface area contributed by atoms with E-state index in [1.54, 1.807) is 0 Å². The van der Waals surface area contributed by atoms with Gasteiger partial charge in [0.15, 0.2) is 0 Å². The molecule has 1 aliphatic rings. The van der Waals surface area contributed by atoms with Crippen LogP contribution in [0.3, 0.4) is 0 Å². The fraction of sp³-hybridized carbons (Fsp3) is 1.00. The lowest BCUT2D eigenvalue weighted by molar-refractivity contribution is 0.217. The van der Waals surface area contributed by atoms with Crippen LogP contribution in [0.4, 0.5) is 0 Å². The molecule has 1 rings (SSSR count). The zero-order valence-corrected chi connectivity index (χ0v) is 11.1. The molecule has 0 heterocycles. The van der Waals surface area contributed by atoms with Crippen molar-refractivity contribution in [3.8, 4) is 0 Å². The highest BCUT2D eigenvalue weighted by Gasteiger charge is 2.24. The Balaban J connectivity index is 2.30. The van der Waals surface area contributed by atoms with Crippen molar-refractivity contribution in [1.29, 1.82) is 0 Å². The summed E-state index contributed by atoms with van der Waals surface area (Å²) in [5.41, 5.74) is 0. The maximum atomic E-state index is 3.77. The predicted octanol–water partition coefficient (Wildman–Crippen LogP) is 2.35. The standard InChI is InChI=1S/C13H28N2/c1-10-6-11(2)8-13(7-10)14-12(3)9-15(4)5/h10-14H,6-9H2,1-5H3. The summed E-state index contributed by atoms with van der Waals surface area (Å²) >= 11 is 0. The number of hydrogen-bond acceptors (Lipinski definition) is 2. The van der Waals surface area contributed by atoms with E-state index >= 15 is 0 Å². The Morgan fingerprint density at radius 1 is 1.13 bits per heavy atom. The number of nitrogens with one attached hydrogen (secondary N) is 1. The van der Waals surface area contributed by atoms with E-state index in [0.29, 0.717) is 6.04 Å². The van der Waals surface area contributed by atoms with Crippen LogP contribution in [0, 0.1) is 11.8 Å². The normalized spacial score (nSPS) is 34.4. The smallest absolute Gasteiger partial charge is 0.0169 e. The first-order chi connectivity index (χ1) is 6.97. The van der Waals surface area contributed by atoms with Crippen molar-refractivity contribution in [3.63, 3.8) is 0 Å². The molecule has 0 aliphatic heterocycles. The van der Waals surface area contributed by atoms with Crippen LogP contribution in [-0.4, -0.2) is 37.6 Å². The maximum absolute atomic E-state index is 3.77. The van der Waals surface area contributed by atoms with Crippen LogP contribution in [0.25, 0.3) is 0 Å². The van der Waals surface area contributed by atoms with E-state index in [1.165, 1.54) is 19.3 Å². The summed E-state index contributed by atoms with van der Waals surface area (Å²) in [6, 6.07) is 1.36. The molecular formula is C13H28N2. The zero-order valence-electron chi connectivity index (χ0n) is 11.1. The summed E-state index contributed by atoms with van der Waals surface area (Å²) < 4.78 is 0. The number of hydrogen-bond donors (Lipinski definition) is 1. The van der Waals surface area contributed by atoms with E-state index in [0.717, 1.165) is 24.4 Å². The Labute approximate surface area is 95.4 Å². The van der Waals surface area contributed by atoms with Gasteiger partial charge in [-0.15, -0.1) is 0 Å². The summed E-state index contributed by atoms with van der Waals surface area (Å²) in [4.78, 5) is 2.26. The fourth-order valence-corrected chi connectivity index (χ4v) is 3.09. The van der Waals surface area contributed by atoms with Crippen LogP contribution >= 0.6 is 0 Å². The van der Waals surface area contributed by atoms with E-state index in [4.69, 9.17) is 0 Å². The van der Waals surface area contributed by atoms with Gasteiger partial charge in [0.1, 0.15) is 0 Å². The van der Waals surface area contributed by atoms with Crippen molar-refractivity contribution < 1.29 is 0 Å². The topological polar surface area (TPSA) is 15.3 Å². The van der Waals surface area contributed by atoms with Crippen LogP contribution < -0.4 is 5.32 Å². The molecule has 2 heteroatoms. The van der Waals surface area contributed by atoms with Gasteiger partial charge >= 0.3 is 0 Å². The van der Waals surface area contributed by atoms with Crippen LogP contribution in [0.1, 0.15) is 40.0 Å². The molecule has 3 atom stereocenters. The molecule has 0 bridgehead atoms. The minimum absolute atomic E-state index is 0.613. The predicted molar refractivity (Wildman–Crippen MR) is 67.1 cm³/mol. The molecule has 0 amide bonds. The molecule has 15 heavy (non-hydrogen) atoms. The maximum Gasteiger partial charge on any atom is 0.0169 e. The van der Waals surface area contributed by atoms with Crippen molar-refractivity contribution in [3.05, 3.63) is 0 Å². The molecule has 0 aromatic rings. The largest absolute Gasteiger partial charge is 0.310 e. The Kier molecular flexibility index (Phi) is 5.07. The molecule has 1 fully saturated rings. The van der Waals surface area contributed by atoms with E-state index in [1.807, 2.05) is 0 Å². The van der Waals surface area contributed by atoms with Crippen molar-refractivity contribution in [2.75, 3.05) is 20.6 Å². The monoisotopic (exact) mass is 212 g/mol. The first-order valence-corrected chi connectivity index (χ1v) is 6.38. The number of likely N-dealkylation sites (N-methyl/N-ethyl adjacent to an activating group) is 1. The Hall–Kier alpha value is -0.0800. The Morgan fingerprint density at radius 2 is 1.67 bits per heavy atom. The SMILES string of the molecule is CC1CC(C)CC(NC(C)CN(C)C)C1. The van der Waals surface area contributed by atoms with E-state index in [9.17, 15) is 0 Å². The van der Waals surface area contributed by atoms with E-state index in [2.05, 4.69) is 45.1 Å². The van der Waals surface area contributed by atoms with Gasteiger partial charge in [0.05, 0.1) is 0 Å². The summed E-state index contributed by atoms with van der Waals surface area (Å²) in [6.45, 7) is 8.21. The molecule has 0 aromatic heterocycles. The summed E-state index contributed by atoms with van der Waals surface area (Å²) in [5.74, 6) is 1.80. The van der Waals surface area contributed by atoms with Gasteiger partial charge in [-0.1, -0.05) is 13.8 Å². The van der Waals surface area contributed by atoms with Gasteiger partial charge in [-0.05, 0) is 52.1 Å². The van der Waals surface area contributed by atoms with E-state index < -0.39 is 0 Å². The average molecular weight is 212 g/mol.